The van der Waals surface area contributed by atoms with Crippen molar-refractivity contribution in [3.8, 4) is 11.4 Å². The van der Waals surface area contributed by atoms with E-state index in [9.17, 15) is 9.18 Å². The maximum Gasteiger partial charge on any atom is 0.373 e. The van der Waals surface area contributed by atoms with E-state index in [1.165, 1.54) is 24.9 Å². The van der Waals surface area contributed by atoms with Crippen LogP contribution in [-0.2, 0) is 10.5 Å². The fourth-order valence-electron chi connectivity index (χ4n) is 2.67. The number of hydrogen-bond acceptors (Lipinski definition) is 6. The second-order valence-electron chi connectivity index (χ2n) is 5.93. The van der Waals surface area contributed by atoms with E-state index < -0.39 is 5.97 Å². The third kappa shape index (κ3) is 3.24. The van der Waals surface area contributed by atoms with Crippen LogP contribution in [0.25, 0.3) is 11.4 Å². The minimum absolute atomic E-state index is 0.166. The van der Waals surface area contributed by atoms with Gasteiger partial charge in [0, 0.05) is 6.04 Å². The summed E-state index contributed by atoms with van der Waals surface area (Å²) >= 11 is 1.44. The molecule has 0 spiro atoms. The topological polar surface area (TPSA) is 70.2 Å². The number of esters is 1. The van der Waals surface area contributed by atoms with Crippen molar-refractivity contribution < 1.29 is 18.3 Å². The van der Waals surface area contributed by atoms with Gasteiger partial charge in [-0.25, -0.2) is 9.18 Å². The molecule has 4 rings (SSSR count). The van der Waals surface area contributed by atoms with Crippen molar-refractivity contribution in [2.75, 3.05) is 7.11 Å². The average Bonchev–Trinajstić information content (AvgIpc) is 3.23. The first-order valence-electron chi connectivity index (χ1n) is 8.17. The zero-order valence-electron chi connectivity index (χ0n) is 14.0. The highest BCUT2D eigenvalue weighted by Gasteiger charge is 2.31. The Kier molecular flexibility index (Phi) is 4.50. The molecule has 1 fully saturated rings. The number of benzene rings is 1. The van der Waals surface area contributed by atoms with Crippen molar-refractivity contribution in [2.45, 2.75) is 29.8 Å². The van der Waals surface area contributed by atoms with Gasteiger partial charge in [-0.1, -0.05) is 23.9 Å². The van der Waals surface area contributed by atoms with Crippen molar-refractivity contribution in [3.05, 3.63) is 53.7 Å². The van der Waals surface area contributed by atoms with Gasteiger partial charge in [0.2, 0.25) is 5.76 Å². The summed E-state index contributed by atoms with van der Waals surface area (Å²) in [4.78, 5) is 11.5. The summed E-state index contributed by atoms with van der Waals surface area (Å²) in [6.07, 6.45) is 2.06. The van der Waals surface area contributed by atoms with E-state index in [-0.39, 0.29) is 11.6 Å². The number of carbonyl (C=O) groups excluding carboxylic acids is 1. The molecule has 0 saturated heterocycles. The van der Waals surface area contributed by atoms with Crippen LogP contribution in [0.3, 0.4) is 0 Å². The van der Waals surface area contributed by atoms with Crippen LogP contribution in [0.2, 0.25) is 0 Å². The summed E-state index contributed by atoms with van der Waals surface area (Å²) in [5.74, 6) is 1.00. The number of halogens is 1. The molecular weight excluding hydrogens is 357 g/mol. The van der Waals surface area contributed by atoms with Crippen molar-refractivity contribution in [2.24, 2.45) is 0 Å². The van der Waals surface area contributed by atoms with Crippen molar-refractivity contribution in [1.29, 1.82) is 0 Å². The number of ether oxygens (including phenoxy) is 1. The molecule has 2 heterocycles. The number of methoxy groups -OCH3 is 1. The van der Waals surface area contributed by atoms with Crippen LogP contribution in [0.1, 0.15) is 35.2 Å². The third-order valence-electron chi connectivity index (χ3n) is 4.08. The average molecular weight is 373 g/mol. The predicted octanol–water partition coefficient (Wildman–Crippen LogP) is 4.09. The van der Waals surface area contributed by atoms with E-state index in [0.29, 0.717) is 34.1 Å². The summed E-state index contributed by atoms with van der Waals surface area (Å²) < 4.78 is 26.3. The lowest BCUT2D eigenvalue weighted by Crippen LogP contribution is -2.01. The molecule has 26 heavy (non-hydrogen) atoms. The van der Waals surface area contributed by atoms with Gasteiger partial charge in [-0.05, 0) is 37.1 Å². The minimum atomic E-state index is -0.510. The predicted molar refractivity (Wildman–Crippen MR) is 93.3 cm³/mol. The molecule has 8 heteroatoms. The number of aromatic nitrogens is 3. The monoisotopic (exact) mass is 373 g/mol. The van der Waals surface area contributed by atoms with Gasteiger partial charge in [0.05, 0.1) is 18.4 Å². The van der Waals surface area contributed by atoms with Gasteiger partial charge in [-0.15, -0.1) is 10.2 Å². The number of thioether (sulfide) groups is 1. The number of hydrogen-bond donors (Lipinski definition) is 0. The summed E-state index contributed by atoms with van der Waals surface area (Å²) in [6, 6.07) is 10.2. The summed E-state index contributed by atoms with van der Waals surface area (Å²) in [6.45, 7) is 0. The number of carbonyl (C=O) groups is 1. The second kappa shape index (κ2) is 6.95. The Labute approximate surface area is 153 Å². The van der Waals surface area contributed by atoms with Gasteiger partial charge in [-0.2, -0.15) is 0 Å². The highest BCUT2D eigenvalue weighted by Crippen LogP contribution is 2.41. The number of nitrogens with zero attached hydrogens (tertiary/aromatic N) is 3. The van der Waals surface area contributed by atoms with Gasteiger partial charge in [0.15, 0.2) is 11.0 Å². The lowest BCUT2D eigenvalue weighted by Gasteiger charge is -2.08. The van der Waals surface area contributed by atoms with E-state index in [1.54, 1.807) is 30.3 Å². The number of rotatable bonds is 6. The standard InChI is InChI=1S/C18H16FN3O3S/c1-24-17(23)15-9-8-12(25-15)10-26-18-21-20-16(22(18)11-6-7-11)13-4-2-3-5-14(13)19/h2-5,8-9,11H,6-7,10H2,1H3. The smallest absolute Gasteiger partial charge is 0.373 e. The van der Waals surface area contributed by atoms with E-state index in [2.05, 4.69) is 14.9 Å². The molecule has 1 aliphatic rings. The molecule has 1 saturated carbocycles. The Morgan fingerprint density at radius 1 is 1.31 bits per heavy atom. The van der Waals surface area contributed by atoms with Crippen molar-refractivity contribution in [1.82, 2.24) is 14.8 Å². The summed E-state index contributed by atoms with van der Waals surface area (Å²) in [5.41, 5.74) is 0.449. The molecule has 0 atom stereocenters. The van der Waals surface area contributed by atoms with Crippen LogP contribution >= 0.6 is 11.8 Å². The largest absolute Gasteiger partial charge is 0.463 e. The zero-order valence-corrected chi connectivity index (χ0v) is 14.8. The molecule has 134 valence electrons. The normalized spacial score (nSPS) is 13.8. The number of furan rings is 1. The highest BCUT2D eigenvalue weighted by atomic mass is 32.2. The Balaban J connectivity index is 1.57. The molecule has 0 N–H and O–H groups in total. The van der Waals surface area contributed by atoms with E-state index in [0.717, 1.165) is 12.8 Å². The van der Waals surface area contributed by atoms with Crippen LogP contribution in [0.5, 0.6) is 0 Å². The van der Waals surface area contributed by atoms with Crippen LogP contribution in [-0.4, -0.2) is 27.8 Å². The second-order valence-corrected chi connectivity index (χ2v) is 6.88. The highest BCUT2D eigenvalue weighted by molar-refractivity contribution is 7.98. The molecule has 3 aromatic rings. The third-order valence-corrected chi connectivity index (χ3v) is 5.05. The van der Waals surface area contributed by atoms with Gasteiger partial charge in [0.1, 0.15) is 11.6 Å². The van der Waals surface area contributed by atoms with Crippen LogP contribution in [0, 0.1) is 5.82 Å². The van der Waals surface area contributed by atoms with Crippen molar-refractivity contribution in [3.63, 3.8) is 0 Å². The SMILES string of the molecule is COC(=O)c1ccc(CSc2nnc(-c3ccccc3F)n2C2CC2)o1. The van der Waals surface area contributed by atoms with Gasteiger partial charge in [0.25, 0.3) is 0 Å². The fourth-order valence-corrected chi connectivity index (χ4v) is 3.56. The molecule has 0 aliphatic heterocycles. The van der Waals surface area contributed by atoms with E-state index in [1.807, 2.05) is 4.57 Å². The Morgan fingerprint density at radius 3 is 2.85 bits per heavy atom. The molecule has 2 aromatic heterocycles. The first-order chi connectivity index (χ1) is 12.7. The van der Waals surface area contributed by atoms with Crippen molar-refractivity contribution >= 4 is 17.7 Å². The van der Waals surface area contributed by atoms with Crippen LogP contribution in [0.15, 0.2) is 46.0 Å². The molecule has 0 amide bonds. The Hall–Kier alpha value is -2.61. The summed E-state index contributed by atoms with van der Waals surface area (Å²) in [7, 11) is 1.31. The van der Waals surface area contributed by atoms with Crippen LogP contribution < -0.4 is 0 Å². The molecule has 0 radical (unpaired) electrons. The molecule has 1 aromatic carbocycles. The lowest BCUT2D eigenvalue weighted by molar-refractivity contribution is 0.0563. The quantitative estimate of drug-likeness (QED) is 0.479. The van der Waals surface area contributed by atoms with Crippen LogP contribution in [0.4, 0.5) is 4.39 Å². The zero-order chi connectivity index (χ0) is 18.1. The maximum atomic E-state index is 14.2. The van der Waals surface area contributed by atoms with Gasteiger partial charge >= 0.3 is 5.97 Å². The fraction of sp³-hybridized carbons (Fsp3) is 0.278. The Morgan fingerprint density at radius 2 is 2.12 bits per heavy atom. The maximum absolute atomic E-state index is 14.2. The van der Waals surface area contributed by atoms with Gasteiger partial charge in [-0.3, -0.25) is 4.57 Å². The first-order valence-corrected chi connectivity index (χ1v) is 9.15. The molecule has 1 aliphatic carbocycles. The Bertz CT molecular complexity index is 949. The van der Waals surface area contributed by atoms with E-state index >= 15 is 0 Å². The molecule has 0 bridgehead atoms. The first kappa shape index (κ1) is 16.8. The molecule has 0 unspecified atom stereocenters. The summed E-state index contributed by atoms with van der Waals surface area (Å²) in [5, 5.41) is 9.17. The molecule has 6 nitrogen and oxygen atoms in total. The van der Waals surface area contributed by atoms with Gasteiger partial charge < -0.3 is 9.15 Å². The molecular formula is C18H16FN3O3S. The minimum Gasteiger partial charge on any atom is -0.463 e. The lowest BCUT2D eigenvalue weighted by atomic mass is 10.2. The van der Waals surface area contributed by atoms with E-state index in [4.69, 9.17) is 4.42 Å².